The highest BCUT2D eigenvalue weighted by Gasteiger charge is 2.10. The van der Waals surface area contributed by atoms with Crippen molar-refractivity contribution in [2.45, 2.75) is 6.54 Å². The first-order valence-corrected chi connectivity index (χ1v) is 6.49. The third-order valence-electron chi connectivity index (χ3n) is 2.77. The van der Waals surface area contributed by atoms with Gasteiger partial charge in [0.05, 0.1) is 26.6 Å². The molecule has 2 aromatic rings. The minimum Gasteiger partial charge on any atom is -0.496 e. The van der Waals surface area contributed by atoms with Crippen LogP contribution >= 0.6 is 11.6 Å². The minimum absolute atomic E-state index is 0.133. The molecule has 0 aliphatic rings. The standard InChI is InChI=1S/C14H14ClN3O3/c1-20-12-5-3-4-10(15)9(12)6-17-13-8-16-7-11(18-13)14(19)21-2/h3-5,7-8H,6H2,1-2H3,(H,17,18). The molecule has 6 nitrogen and oxygen atoms in total. The molecule has 1 heterocycles. The van der Waals surface area contributed by atoms with Crippen molar-refractivity contribution in [3.05, 3.63) is 46.9 Å². The zero-order chi connectivity index (χ0) is 15.2. The Morgan fingerprint density at radius 2 is 2.14 bits per heavy atom. The van der Waals surface area contributed by atoms with Gasteiger partial charge in [0, 0.05) is 17.1 Å². The third-order valence-corrected chi connectivity index (χ3v) is 3.13. The van der Waals surface area contributed by atoms with E-state index >= 15 is 0 Å². The largest absolute Gasteiger partial charge is 0.496 e. The highest BCUT2D eigenvalue weighted by atomic mass is 35.5. The Balaban J connectivity index is 2.15. The van der Waals surface area contributed by atoms with Gasteiger partial charge in [-0.2, -0.15) is 0 Å². The first-order valence-electron chi connectivity index (χ1n) is 6.11. The van der Waals surface area contributed by atoms with Crippen molar-refractivity contribution < 1.29 is 14.3 Å². The lowest BCUT2D eigenvalue weighted by Gasteiger charge is -2.11. The van der Waals surface area contributed by atoms with Crippen molar-refractivity contribution in [2.75, 3.05) is 19.5 Å². The van der Waals surface area contributed by atoms with Crippen molar-refractivity contribution in [2.24, 2.45) is 0 Å². The predicted octanol–water partition coefficient (Wildman–Crippen LogP) is 2.54. The van der Waals surface area contributed by atoms with Gasteiger partial charge in [0.2, 0.25) is 0 Å². The minimum atomic E-state index is -0.540. The van der Waals surface area contributed by atoms with Gasteiger partial charge in [0.15, 0.2) is 5.69 Å². The molecule has 1 N–H and O–H groups in total. The molecule has 110 valence electrons. The van der Waals surface area contributed by atoms with Crippen molar-refractivity contribution in [1.82, 2.24) is 9.97 Å². The Morgan fingerprint density at radius 3 is 2.86 bits per heavy atom. The van der Waals surface area contributed by atoms with Gasteiger partial charge in [0.1, 0.15) is 11.6 Å². The zero-order valence-corrected chi connectivity index (χ0v) is 12.3. The second-order valence-electron chi connectivity index (χ2n) is 4.06. The second-order valence-corrected chi connectivity index (χ2v) is 4.46. The van der Waals surface area contributed by atoms with E-state index in [1.165, 1.54) is 19.5 Å². The number of carbonyl (C=O) groups excluding carboxylic acids is 1. The Morgan fingerprint density at radius 1 is 1.33 bits per heavy atom. The van der Waals surface area contributed by atoms with Gasteiger partial charge in [-0.3, -0.25) is 4.98 Å². The summed E-state index contributed by atoms with van der Waals surface area (Å²) >= 11 is 6.15. The number of aromatic nitrogens is 2. The zero-order valence-electron chi connectivity index (χ0n) is 11.6. The number of ether oxygens (including phenoxy) is 2. The van der Waals surface area contributed by atoms with E-state index in [-0.39, 0.29) is 5.69 Å². The summed E-state index contributed by atoms with van der Waals surface area (Å²) in [4.78, 5) is 19.5. The van der Waals surface area contributed by atoms with Crippen LogP contribution < -0.4 is 10.1 Å². The fraction of sp³-hybridized carbons (Fsp3) is 0.214. The quantitative estimate of drug-likeness (QED) is 0.856. The summed E-state index contributed by atoms with van der Waals surface area (Å²) in [6, 6.07) is 5.40. The average molecular weight is 308 g/mol. The number of nitrogens with one attached hydrogen (secondary N) is 1. The number of esters is 1. The molecule has 2 rings (SSSR count). The molecule has 0 atom stereocenters. The topological polar surface area (TPSA) is 73.3 Å². The molecular formula is C14H14ClN3O3. The summed E-state index contributed by atoms with van der Waals surface area (Å²) < 4.78 is 9.86. The fourth-order valence-corrected chi connectivity index (χ4v) is 1.97. The van der Waals surface area contributed by atoms with Crippen LogP contribution in [0.1, 0.15) is 16.1 Å². The monoisotopic (exact) mass is 307 g/mol. The molecular weight excluding hydrogens is 294 g/mol. The van der Waals surface area contributed by atoms with Crippen LogP contribution in [0.25, 0.3) is 0 Å². The number of halogens is 1. The molecule has 0 spiro atoms. The normalized spacial score (nSPS) is 10.0. The Labute approximate surface area is 127 Å². The second kappa shape index (κ2) is 6.90. The molecule has 0 aliphatic carbocycles. The summed E-state index contributed by atoms with van der Waals surface area (Å²) in [6.45, 7) is 0.391. The molecule has 7 heteroatoms. The summed E-state index contributed by atoms with van der Waals surface area (Å²) in [5.41, 5.74) is 0.931. The number of anilines is 1. The predicted molar refractivity (Wildman–Crippen MR) is 78.7 cm³/mol. The lowest BCUT2D eigenvalue weighted by Crippen LogP contribution is -2.09. The van der Waals surface area contributed by atoms with Crippen LogP contribution in [-0.4, -0.2) is 30.2 Å². The van der Waals surface area contributed by atoms with Gasteiger partial charge in [-0.25, -0.2) is 9.78 Å². The Kier molecular flexibility index (Phi) is 4.94. The number of hydrogen-bond acceptors (Lipinski definition) is 6. The van der Waals surface area contributed by atoms with Crippen LogP contribution in [-0.2, 0) is 11.3 Å². The van der Waals surface area contributed by atoms with E-state index in [1.54, 1.807) is 13.2 Å². The molecule has 0 amide bonds. The Bertz CT molecular complexity index is 649. The SMILES string of the molecule is COC(=O)c1cncc(NCc2c(Cl)cccc2OC)n1. The molecule has 0 saturated carbocycles. The first kappa shape index (κ1) is 15.1. The number of nitrogens with zero attached hydrogens (tertiary/aromatic N) is 2. The number of benzene rings is 1. The number of methoxy groups -OCH3 is 2. The van der Waals surface area contributed by atoms with Crippen LogP contribution in [0.5, 0.6) is 5.75 Å². The maximum Gasteiger partial charge on any atom is 0.358 e. The number of hydrogen-bond donors (Lipinski definition) is 1. The van der Waals surface area contributed by atoms with E-state index < -0.39 is 5.97 Å². The van der Waals surface area contributed by atoms with Gasteiger partial charge < -0.3 is 14.8 Å². The number of carbonyl (C=O) groups is 1. The summed E-state index contributed by atoms with van der Waals surface area (Å²) in [5.74, 6) is 0.577. The van der Waals surface area contributed by atoms with E-state index in [9.17, 15) is 4.79 Å². The lowest BCUT2D eigenvalue weighted by molar-refractivity contribution is 0.0593. The molecule has 0 radical (unpaired) electrons. The molecule has 0 unspecified atom stereocenters. The van der Waals surface area contributed by atoms with Gasteiger partial charge >= 0.3 is 5.97 Å². The fourth-order valence-electron chi connectivity index (χ4n) is 1.73. The smallest absolute Gasteiger partial charge is 0.358 e. The molecule has 0 bridgehead atoms. The third kappa shape index (κ3) is 3.61. The van der Waals surface area contributed by atoms with Crippen molar-refractivity contribution >= 4 is 23.4 Å². The number of rotatable bonds is 5. The summed E-state index contributed by atoms with van der Waals surface area (Å²) in [5, 5.41) is 3.63. The van der Waals surface area contributed by atoms with Gasteiger partial charge in [-0.1, -0.05) is 17.7 Å². The Hall–Kier alpha value is -2.34. The highest BCUT2D eigenvalue weighted by Crippen LogP contribution is 2.26. The van der Waals surface area contributed by atoms with Crippen molar-refractivity contribution in [1.29, 1.82) is 0 Å². The molecule has 0 fully saturated rings. The molecule has 1 aromatic heterocycles. The van der Waals surface area contributed by atoms with Gasteiger partial charge in [0.25, 0.3) is 0 Å². The molecule has 0 aliphatic heterocycles. The first-order chi connectivity index (χ1) is 10.2. The van der Waals surface area contributed by atoms with Crippen LogP contribution in [0.15, 0.2) is 30.6 Å². The van der Waals surface area contributed by atoms with Crippen LogP contribution in [0.3, 0.4) is 0 Å². The maximum absolute atomic E-state index is 11.4. The van der Waals surface area contributed by atoms with Crippen LogP contribution in [0.4, 0.5) is 5.82 Å². The van der Waals surface area contributed by atoms with E-state index in [0.29, 0.717) is 23.1 Å². The van der Waals surface area contributed by atoms with Gasteiger partial charge in [-0.15, -0.1) is 0 Å². The van der Waals surface area contributed by atoms with Crippen LogP contribution in [0.2, 0.25) is 5.02 Å². The van der Waals surface area contributed by atoms with Crippen molar-refractivity contribution in [3.8, 4) is 5.75 Å². The molecule has 0 saturated heterocycles. The lowest BCUT2D eigenvalue weighted by atomic mass is 10.2. The average Bonchev–Trinajstić information content (AvgIpc) is 2.53. The van der Waals surface area contributed by atoms with E-state index in [1.807, 2.05) is 12.1 Å². The summed E-state index contributed by atoms with van der Waals surface area (Å²) in [6.07, 6.45) is 2.85. The van der Waals surface area contributed by atoms with Crippen molar-refractivity contribution in [3.63, 3.8) is 0 Å². The van der Waals surface area contributed by atoms with E-state index in [0.717, 1.165) is 5.56 Å². The maximum atomic E-state index is 11.4. The van der Waals surface area contributed by atoms with Crippen LogP contribution in [0, 0.1) is 0 Å². The summed E-state index contributed by atoms with van der Waals surface area (Å²) in [7, 11) is 2.87. The molecule has 21 heavy (non-hydrogen) atoms. The van der Waals surface area contributed by atoms with E-state index in [2.05, 4.69) is 20.0 Å². The molecule has 1 aromatic carbocycles. The highest BCUT2D eigenvalue weighted by molar-refractivity contribution is 6.31. The van der Waals surface area contributed by atoms with Gasteiger partial charge in [-0.05, 0) is 12.1 Å². The van der Waals surface area contributed by atoms with E-state index in [4.69, 9.17) is 16.3 Å².